The van der Waals surface area contributed by atoms with Crippen LogP contribution in [0, 0.1) is 0 Å². The number of aromatic nitrogens is 3. The average Bonchev–Trinajstić information content (AvgIpc) is 2.77. The molecule has 0 saturated heterocycles. The number of nitrogens with one attached hydrogen (secondary N) is 1. The van der Waals surface area contributed by atoms with Crippen LogP contribution in [0.25, 0.3) is 10.9 Å². The van der Waals surface area contributed by atoms with Crippen LogP contribution in [0.2, 0.25) is 0 Å². The summed E-state index contributed by atoms with van der Waals surface area (Å²) in [4.78, 5) is 4.06. The molecule has 2 rings (SSSR count). The smallest absolute Gasteiger partial charge is 0.257 e. The Morgan fingerprint density at radius 3 is 2.61 bits per heavy atom. The fourth-order valence-corrected chi connectivity index (χ4v) is 2.51. The van der Waals surface area contributed by atoms with Gasteiger partial charge >= 0.3 is 6.18 Å². The first-order chi connectivity index (χ1) is 10.8. The monoisotopic (exact) mass is 349 g/mol. The molecular weight excluding hydrogens is 329 g/mol. The Balaban J connectivity index is 2.32. The summed E-state index contributed by atoms with van der Waals surface area (Å²) in [6.07, 6.45) is -1.84. The SMILES string of the molecule is [2H][C@](C)(NS(=O)C(C)(C)C)c1cc2cnn(CC(F)(F)F)c2cn1. The van der Waals surface area contributed by atoms with Gasteiger partial charge in [-0.3, -0.25) is 9.67 Å². The van der Waals surface area contributed by atoms with Crippen molar-refractivity contribution in [3.63, 3.8) is 0 Å². The lowest BCUT2D eigenvalue weighted by Crippen LogP contribution is -2.35. The molecule has 0 aliphatic heterocycles. The van der Waals surface area contributed by atoms with E-state index in [0.717, 1.165) is 4.68 Å². The van der Waals surface area contributed by atoms with Gasteiger partial charge in [0.05, 0.1) is 46.7 Å². The van der Waals surface area contributed by atoms with Gasteiger partial charge in [-0.05, 0) is 33.8 Å². The molecule has 0 aliphatic rings. The number of hydrogen-bond donors (Lipinski definition) is 1. The summed E-state index contributed by atoms with van der Waals surface area (Å²) in [5.74, 6) is 0. The van der Waals surface area contributed by atoms with Crippen molar-refractivity contribution < 1.29 is 18.8 Å². The van der Waals surface area contributed by atoms with E-state index in [9.17, 15) is 17.4 Å². The highest BCUT2D eigenvalue weighted by molar-refractivity contribution is 7.84. The van der Waals surface area contributed by atoms with Crippen molar-refractivity contribution in [3.8, 4) is 0 Å². The van der Waals surface area contributed by atoms with E-state index in [0.29, 0.717) is 5.39 Å². The van der Waals surface area contributed by atoms with Crippen molar-refractivity contribution in [1.82, 2.24) is 19.5 Å². The lowest BCUT2D eigenvalue weighted by molar-refractivity contribution is -0.141. The van der Waals surface area contributed by atoms with Gasteiger partial charge in [0.25, 0.3) is 0 Å². The van der Waals surface area contributed by atoms with E-state index in [1.54, 1.807) is 20.8 Å². The number of fused-ring (bicyclic) bond motifs is 1. The van der Waals surface area contributed by atoms with Gasteiger partial charge in [-0.1, -0.05) is 0 Å². The normalized spacial score (nSPS) is 17.8. The third-order valence-electron chi connectivity index (χ3n) is 3.04. The lowest BCUT2D eigenvalue weighted by Gasteiger charge is -2.21. The van der Waals surface area contributed by atoms with Crippen LogP contribution in [0.3, 0.4) is 0 Å². The van der Waals surface area contributed by atoms with E-state index in [-0.39, 0.29) is 11.2 Å². The Morgan fingerprint density at radius 2 is 2.04 bits per heavy atom. The topological polar surface area (TPSA) is 59.8 Å². The number of nitrogens with zero attached hydrogens (tertiary/aromatic N) is 3. The zero-order chi connectivity index (χ0) is 18.3. The van der Waals surface area contributed by atoms with Gasteiger partial charge in [0.15, 0.2) is 0 Å². The molecule has 0 spiro atoms. The average molecular weight is 349 g/mol. The van der Waals surface area contributed by atoms with Gasteiger partial charge in [0, 0.05) is 5.39 Å². The molecule has 1 N–H and O–H groups in total. The first-order valence-corrected chi connectivity index (χ1v) is 8.03. The third-order valence-corrected chi connectivity index (χ3v) is 4.65. The zero-order valence-corrected chi connectivity index (χ0v) is 14.0. The summed E-state index contributed by atoms with van der Waals surface area (Å²) >= 11 is 0. The minimum Gasteiger partial charge on any atom is -0.257 e. The van der Waals surface area contributed by atoms with Crippen molar-refractivity contribution in [2.24, 2.45) is 0 Å². The summed E-state index contributed by atoms with van der Waals surface area (Å²) in [5, 5.41) is 4.16. The number of halogens is 3. The molecule has 5 nitrogen and oxygen atoms in total. The molecule has 0 bridgehead atoms. The van der Waals surface area contributed by atoms with Gasteiger partial charge < -0.3 is 0 Å². The summed E-state index contributed by atoms with van der Waals surface area (Å²) < 4.78 is 61.0. The van der Waals surface area contributed by atoms with Crippen LogP contribution in [0.15, 0.2) is 18.5 Å². The maximum atomic E-state index is 12.5. The summed E-state index contributed by atoms with van der Waals surface area (Å²) in [7, 11) is -1.50. The summed E-state index contributed by atoms with van der Waals surface area (Å²) in [6, 6.07) is 0.0214. The standard InChI is InChI=1S/C14H19F3N4OS/c1-9(20-23(22)13(2,3)4)11-5-10-6-19-21(8-14(15,16)17)12(10)7-18-11/h5-7,9,20H,8H2,1-4H3/t9-,23?/m1/s1/i9D. The zero-order valence-electron chi connectivity index (χ0n) is 14.2. The lowest BCUT2D eigenvalue weighted by atomic mass is 10.2. The van der Waals surface area contributed by atoms with E-state index >= 15 is 0 Å². The predicted octanol–water partition coefficient (Wildman–Crippen LogP) is 3.11. The molecule has 0 aliphatic carbocycles. The predicted molar refractivity (Wildman–Crippen MR) is 83.0 cm³/mol. The summed E-state index contributed by atoms with van der Waals surface area (Å²) in [5.41, 5.74) is 0.475. The Morgan fingerprint density at radius 1 is 1.39 bits per heavy atom. The van der Waals surface area contributed by atoms with Gasteiger partial charge in [-0.15, -0.1) is 0 Å². The van der Waals surface area contributed by atoms with Crippen LogP contribution in [-0.4, -0.2) is 29.9 Å². The van der Waals surface area contributed by atoms with Crippen LogP contribution in [-0.2, 0) is 17.5 Å². The Kier molecular flexibility index (Phi) is 4.41. The van der Waals surface area contributed by atoms with Gasteiger partial charge in [0.1, 0.15) is 6.54 Å². The molecule has 1 unspecified atom stereocenters. The molecule has 23 heavy (non-hydrogen) atoms. The van der Waals surface area contributed by atoms with E-state index in [1.165, 1.54) is 25.4 Å². The van der Waals surface area contributed by atoms with Crippen molar-refractivity contribution >= 4 is 21.9 Å². The van der Waals surface area contributed by atoms with Crippen molar-refractivity contribution in [2.45, 2.75) is 51.2 Å². The van der Waals surface area contributed by atoms with E-state index in [1.807, 2.05) is 0 Å². The molecule has 0 saturated carbocycles. The Bertz CT molecular complexity index is 767. The molecule has 2 atom stereocenters. The first kappa shape index (κ1) is 16.4. The minimum atomic E-state index is -4.38. The van der Waals surface area contributed by atoms with Crippen LogP contribution in [0.4, 0.5) is 13.2 Å². The second-order valence-electron chi connectivity index (χ2n) is 6.15. The van der Waals surface area contributed by atoms with Gasteiger partial charge in [-0.25, -0.2) is 8.93 Å². The highest BCUT2D eigenvalue weighted by Gasteiger charge is 2.29. The van der Waals surface area contributed by atoms with E-state index in [2.05, 4.69) is 14.8 Å². The van der Waals surface area contributed by atoms with Crippen LogP contribution in [0.5, 0.6) is 0 Å². The molecule has 0 fully saturated rings. The number of pyridine rings is 1. The van der Waals surface area contributed by atoms with Crippen molar-refractivity contribution in [3.05, 3.63) is 24.2 Å². The largest absolute Gasteiger partial charge is 0.408 e. The maximum Gasteiger partial charge on any atom is 0.408 e. The maximum absolute atomic E-state index is 12.5. The van der Waals surface area contributed by atoms with Gasteiger partial charge in [0.2, 0.25) is 0 Å². The van der Waals surface area contributed by atoms with Gasteiger partial charge in [-0.2, -0.15) is 18.3 Å². The molecule has 0 amide bonds. The molecule has 9 heteroatoms. The molecule has 0 radical (unpaired) electrons. The first-order valence-electron chi connectivity index (χ1n) is 7.38. The molecule has 2 aromatic heterocycles. The summed E-state index contributed by atoms with van der Waals surface area (Å²) in [6.45, 7) is 5.59. The Hall–Kier alpha value is -1.48. The number of rotatable bonds is 4. The quantitative estimate of drug-likeness (QED) is 0.923. The highest BCUT2D eigenvalue weighted by atomic mass is 32.2. The highest BCUT2D eigenvalue weighted by Crippen LogP contribution is 2.23. The molecular formula is C14H19F3N4OS. The van der Waals surface area contributed by atoms with E-state index < -0.39 is 34.5 Å². The minimum absolute atomic E-state index is 0.226. The van der Waals surface area contributed by atoms with Crippen LogP contribution in [0.1, 0.15) is 40.8 Å². The fourth-order valence-electron chi connectivity index (χ4n) is 1.82. The molecule has 2 aromatic rings. The van der Waals surface area contributed by atoms with Crippen LogP contribution < -0.4 is 4.72 Å². The second-order valence-corrected chi connectivity index (χ2v) is 8.12. The van der Waals surface area contributed by atoms with Crippen molar-refractivity contribution in [2.75, 3.05) is 0 Å². The Labute approximate surface area is 136 Å². The van der Waals surface area contributed by atoms with E-state index in [4.69, 9.17) is 1.37 Å². The molecule has 128 valence electrons. The number of alkyl halides is 3. The third kappa shape index (κ3) is 4.51. The fraction of sp³-hybridized carbons (Fsp3) is 0.571. The molecule has 2 heterocycles. The number of hydrogen-bond acceptors (Lipinski definition) is 3. The molecule has 0 aromatic carbocycles. The second kappa shape index (κ2) is 6.20. The van der Waals surface area contributed by atoms with Crippen LogP contribution >= 0.6 is 0 Å². The van der Waals surface area contributed by atoms with Crippen molar-refractivity contribution in [1.29, 1.82) is 0 Å².